The van der Waals surface area contributed by atoms with Gasteiger partial charge in [-0.3, -0.25) is 4.90 Å². The van der Waals surface area contributed by atoms with Crippen molar-refractivity contribution in [2.45, 2.75) is 79.8 Å². The minimum atomic E-state index is 0.312. The second-order valence-corrected chi connectivity index (χ2v) is 9.62. The maximum Gasteiger partial charge on any atom is 0.0826 e. The molecule has 0 aromatic carbocycles. The van der Waals surface area contributed by atoms with E-state index < -0.39 is 0 Å². The summed E-state index contributed by atoms with van der Waals surface area (Å²) in [5.41, 5.74) is 0.836. The minimum absolute atomic E-state index is 0.312. The lowest BCUT2D eigenvalue weighted by molar-refractivity contribution is -0.0359. The zero-order chi connectivity index (χ0) is 19.5. The number of hydrogen-bond donors (Lipinski definition) is 1. The smallest absolute Gasteiger partial charge is 0.0826 e. The molecular weight excluding hydrogens is 324 g/mol. The van der Waals surface area contributed by atoms with Crippen molar-refractivity contribution < 1.29 is 9.47 Å². The van der Waals surface area contributed by atoms with Crippen LogP contribution in [-0.2, 0) is 9.47 Å². The summed E-state index contributed by atoms with van der Waals surface area (Å²) in [6.45, 7) is 21.6. The predicted octanol–water partition coefficient (Wildman–Crippen LogP) is 4.34. The van der Waals surface area contributed by atoms with Gasteiger partial charge in [0.15, 0.2) is 0 Å². The average Bonchev–Trinajstić information content (AvgIpc) is 2.58. The lowest BCUT2D eigenvalue weighted by Crippen LogP contribution is -2.48. The fraction of sp³-hybridized carbons (Fsp3) is 1.00. The molecule has 0 radical (unpaired) electrons. The molecule has 0 saturated carbocycles. The molecular formula is C22H46N2O2. The van der Waals surface area contributed by atoms with Gasteiger partial charge in [0.2, 0.25) is 0 Å². The first-order valence-electron chi connectivity index (χ1n) is 10.9. The third kappa shape index (κ3) is 10.9. The van der Waals surface area contributed by atoms with Gasteiger partial charge in [-0.05, 0) is 36.5 Å². The third-order valence-corrected chi connectivity index (χ3v) is 5.62. The molecule has 1 rings (SSSR count). The highest BCUT2D eigenvalue weighted by Crippen LogP contribution is 2.26. The number of ether oxygens (including phenoxy) is 2. The summed E-state index contributed by atoms with van der Waals surface area (Å²) in [4.78, 5) is 2.49. The summed E-state index contributed by atoms with van der Waals surface area (Å²) < 4.78 is 11.8. The Bertz CT molecular complexity index is 357. The van der Waals surface area contributed by atoms with Gasteiger partial charge in [0.1, 0.15) is 0 Å². The van der Waals surface area contributed by atoms with Crippen LogP contribution >= 0.6 is 0 Å². The number of morpholine rings is 1. The van der Waals surface area contributed by atoms with Gasteiger partial charge in [0.05, 0.1) is 19.3 Å². The van der Waals surface area contributed by atoms with Crippen molar-refractivity contribution in [3.05, 3.63) is 0 Å². The summed E-state index contributed by atoms with van der Waals surface area (Å²) >= 11 is 0. The van der Waals surface area contributed by atoms with Gasteiger partial charge in [0.25, 0.3) is 0 Å². The Hall–Kier alpha value is -0.160. The molecule has 0 bridgehead atoms. The first-order valence-corrected chi connectivity index (χ1v) is 10.9. The third-order valence-electron chi connectivity index (χ3n) is 5.62. The topological polar surface area (TPSA) is 33.7 Å². The van der Waals surface area contributed by atoms with Gasteiger partial charge < -0.3 is 14.8 Å². The standard InChI is InChI=1S/C22H46N2O2/c1-7-10-22(6,8-2)19-23-17-20-18-24(13-16-26-20)12-15-25-14-9-11-21(3,4)5/h20,23H,7-19H2,1-6H3/t20-,22?/m0/s1. The molecule has 26 heavy (non-hydrogen) atoms. The number of rotatable bonds is 13. The first-order chi connectivity index (χ1) is 12.3. The minimum Gasteiger partial charge on any atom is -0.380 e. The van der Waals surface area contributed by atoms with Crippen LogP contribution in [0.5, 0.6) is 0 Å². The Labute approximate surface area is 163 Å². The average molecular weight is 371 g/mol. The number of hydrogen-bond acceptors (Lipinski definition) is 4. The van der Waals surface area contributed by atoms with Gasteiger partial charge in [-0.2, -0.15) is 0 Å². The Morgan fingerprint density at radius 1 is 1.12 bits per heavy atom. The van der Waals surface area contributed by atoms with Gasteiger partial charge in [0, 0.05) is 39.3 Å². The summed E-state index contributed by atoms with van der Waals surface area (Å²) in [6.07, 6.45) is 6.49. The second-order valence-electron chi connectivity index (χ2n) is 9.62. The van der Waals surface area contributed by atoms with E-state index in [1.165, 1.54) is 25.7 Å². The number of nitrogens with one attached hydrogen (secondary N) is 1. The summed E-state index contributed by atoms with van der Waals surface area (Å²) in [5, 5.41) is 3.67. The lowest BCUT2D eigenvalue weighted by Gasteiger charge is -2.34. The molecule has 0 aromatic heterocycles. The van der Waals surface area contributed by atoms with E-state index in [4.69, 9.17) is 9.47 Å². The molecule has 0 aromatic rings. The molecule has 2 atom stereocenters. The van der Waals surface area contributed by atoms with Gasteiger partial charge in [-0.15, -0.1) is 0 Å². The van der Waals surface area contributed by atoms with Crippen LogP contribution < -0.4 is 5.32 Å². The van der Waals surface area contributed by atoms with Gasteiger partial charge in [-0.1, -0.05) is 48.0 Å². The predicted molar refractivity (Wildman–Crippen MR) is 112 cm³/mol. The summed E-state index contributed by atoms with van der Waals surface area (Å²) in [7, 11) is 0. The van der Waals surface area contributed by atoms with Crippen molar-refractivity contribution in [2.24, 2.45) is 10.8 Å². The SMILES string of the molecule is CCCC(C)(CC)CNC[C@H]1CN(CCOCCCC(C)(C)C)CCO1. The molecule has 1 unspecified atom stereocenters. The molecule has 156 valence electrons. The zero-order valence-electron chi connectivity index (χ0n) is 18.5. The van der Waals surface area contributed by atoms with E-state index in [2.05, 4.69) is 51.8 Å². The highest BCUT2D eigenvalue weighted by Gasteiger charge is 2.23. The van der Waals surface area contributed by atoms with Crippen LogP contribution in [0.15, 0.2) is 0 Å². The molecule has 0 amide bonds. The molecule has 1 heterocycles. The van der Waals surface area contributed by atoms with E-state index in [9.17, 15) is 0 Å². The largest absolute Gasteiger partial charge is 0.380 e. The molecule has 1 N–H and O–H groups in total. The quantitative estimate of drug-likeness (QED) is 0.489. The maximum absolute atomic E-state index is 5.95. The number of nitrogens with zero attached hydrogens (tertiary/aromatic N) is 1. The zero-order valence-corrected chi connectivity index (χ0v) is 18.5. The summed E-state index contributed by atoms with van der Waals surface area (Å²) in [6, 6.07) is 0. The summed E-state index contributed by atoms with van der Waals surface area (Å²) in [5.74, 6) is 0. The Morgan fingerprint density at radius 2 is 1.88 bits per heavy atom. The van der Waals surface area contributed by atoms with Crippen LogP contribution in [0.3, 0.4) is 0 Å². The maximum atomic E-state index is 5.95. The van der Waals surface area contributed by atoms with Crippen molar-refractivity contribution in [3.63, 3.8) is 0 Å². The van der Waals surface area contributed by atoms with Crippen LogP contribution in [0.4, 0.5) is 0 Å². The van der Waals surface area contributed by atoms with Crippen LogP contribution in [0, 0.1) is 10.8 Å². The van der Waals surface area contributed by atoms with E-state index in [0.29, 0.717) is 16.9 Å². The van der Waals surface area contributed by atoms with E-state index in [-0.39, 0.29) is 0 Å². The Kier molecular flexibility index (Phi) is 11.3. The fourth-order valence-electron chi connectivity index (χ4n) is 3.64. The van der Waals surface area contributed by atoms with Crippen LogP contribution in [-0.4, -0.2) is 63.5 Å². The molecule has 1 aliphatic rings. The molecule has 1 fully saturated rings. The molecule has 4 nitrogen and oxygen atoms in total. The van der Waals surface area contributed by atoms with E-state index in [1.807, 2.05) is 0 Å². The van der Waals surface area contributed by atoms with Crippen LogP contribution in [0.2, 0.25) is 0 Å². The second kappa shape index (κ2) is 12.3. The van der Waals surface area contributed by atoms with E-state index in [1.54, 1.807) is 0 Å². The Morgan fingerprint density at radius 3 is 2.54 bits per heavy atom. The molecule has 0 spiro atoms. The van der Waals surface area contributed by atoms with Crippen molar-refractivity contribution in [1.29, 1.82) is 0 Å². The first kappa shape index (κ1) is 23.9. The Balaban J connectivity index is 2.14. The molecule has 1 saturated heterocycles. The molecule has 1 aliphatic heterocycles. The fourth-order valence-corrected chi connectivity index (χ4v) is 3.64. The van der Waals surface area contributed by atoms with E-state index in [0.717, 1.165) is 59.0 Å². The van der Waals surface area contributed by atoms with Crippen molar-refractivity contribution in [3.8, 4) is 0 Å². The molecule has 0 aliphatic carbocycles. The van der Waals surface area contributed by atoms with Crippen LogP contribution in [0.25, 0.3) is 0 Å². The highest BCUT2D eigenvalue weighted by atomic mass is 16.5. The van der Waals surface area contributed by atoms with E-state index >= 15 is 0 Å². The van der Waals surface area contributed by atoms with Gasteiger partial charge in [-0.25, -0.2) is 0 Å². The van der Waals surface area contributed by atoms with Crippen LogP contribution in [0.1, 0.15) is 73.6 Å². The highest BCUT2D eigenvalue weighted by molar-refractivity contribution is 4.78. The normalized spacial score (nSPS) is 21.7. The lowest BCUT2D eigenvalue weighted by atomic mass is 9.83. The van der Waals surface area contributed by atoms with Crippen molar-refractivity contribution >= 4 is 0 Å². The van der Waals surface area contributed by atoms with Crippen molar-refractivity contribution in [2.75, 3.05) is 52.5 Å². The monoisotopic (exact) mass is 370 g/mol. The van der Waals surface area contributed by atoms with Gasteiger partial charge >= 0.3 is 0 Å². The molecule has 4 heteroatoms. The van der Waals surface area contributed by atoms with Crippen molar-refractivity contribution in [1.82, 2.24) is 10.2 Å².